The van der Waals surface area contributed by atoms with Gasteiger partial charge < -0.3 is 15.0 Å². The number of thioether (sulfide) groups is 2. The molecule has 2 amide bonds. The van der Waals surface area contributed by atoms with Gasteiger partial charge in [0.05, 0.1) is 29.4 Å². The van der Waals surface area contributed by atoms with Gasteiger partial charge in [0.25, 0.3) is 0 Å². The highest BCUT2D eigenvalue weighted by molar-refractivity contribution is 7.99. The molecule has 1 aliphatic heterocycles. The number of fused-ring (bicyclic) bond motifs is 1. The van der Waals surface area contributed by atoms with Crippen LogP contribution in [-0.4, -0.2) is 49.0 Å². The first-order chi connectivity index (χ1) is 10.2. The van der Waals surface area contributed by atoms with Gasteiger partial charge in [-0.3, -0.25) is 9.59 Å². The van der Waals surface area contributed by atoms with E-state index in [1.165, 1.54) is 23.5 Å². The number of amides is 2. The van der Waals surface area contributed by atoms with Gasteiger partial charge in [0.15, 0.2) is 5.75 Å². The van der Waals surface area contributed by atoms with Crippen LogP contribution in [0.25, 0.3) is 0 Å². The fraction of sp³-hybridized carbons (Fsp3) is 0.429. The highest BCUT2D eigenvalue weighted by Crippen LogP contribution is 2.38. The van der Waals surface area contributed by atoms with Crippen LogP contribution in [0.1, 0.15) is 0 Å². The van der Waals surface area contributed by atoms with E-state index in [0.717, 1.165) is 5.69 Å². The molecule has 114 valence electrons. The topological polar surface area (TPSA) is 58.6 Å². The standard InChI is InChI=1S/C14H18N2O3S2/c1-20-8-12(17)15-10-4-3-5-11-14(10)19-7-6-16(11)13(18)9-21-2/h3-5H,6-9H2,1-2H3,(H,15,17). The molecule has 1 N–H and O–H groups in total. The molecule has 7 heteroatoms. The third-order valence-electron chi connectivity index (χ3n) is 2.96. The summed E-state index contributed by atoms with van der Waals surface area (Å²) in [6, 6.07) is 5.46. The molecule has 2 rings (SSSR count). The Hall–Kier alpha value is -1.34. The van der Waals surface area contributed by atoms with E-state index in [0.29, 0.717) is 36.1 Å². The number of rotatable bonds is 5. The fourth-order valence-electron chi connectivity index (χ4n) is 2.12. The van der Waals surface area contributed by atoms with Gasteiger partial charge >= 0.3 is 0 Å². The minimum Gasteiger partial charge on any atom is -0.487 e. The van der Waals surface area contributed by atoms with E-state index < -0.39 is 0 Å². The van der Waals surface area contributed by atoms with Crippen molar-refractivity contribution in [2.75, 3.05) is 47.4 Å². The molecule has 0 aliphatic carbocycles. The van der Waals surface area contributed by atoms with Gasteiger partial charge in [0, 0.05) is 0 Å². The predicted octanol–water partition coefficient (Wildman–Crippen LogP) is 2.08. The van der Waals surface area contributed by atoms with Crippen LogP contribution in [0.4, 0.5) is 11.4 Å². The second-order valence-corrected chi connectivity index (χ2v) is 6.19. The second kappa shape index (κ2) is 7.61. The average molecular weight is 326 g/mol. The van der Waals surface area contributed by atoms with Crippen molar-refractivity contribution in [1.29, 1.82) is 0 Å². The molecule has 0 saturated carbocycles. The lowest BCUT2D eigenvalue weighted by atomic mass is 10.2. The first kappa shape index (κ1) is 16.0. The number of ether oxygens (including phenoxy) is 1. The van der Waals surface area contributed by atoms with Gasteiger partial charge in [-0.05, 0) is 24.6 Å². The molecule has 1 heterocycles. The molecule has 21 heavy (non-hydrogen) atoms. The number of carbonyl (C=O) groups is 2. The number of carbonyl (C=O) groups excluding carboxylic acids is 2. The van der Waals surface area contributed by atoms with Crippen molar-refractivity contribution in [3.05, 3.63) is 18.2 Å². The molecular weight excluding hydrogens is 308 g/mol. The zero-order valence-corrected chi connectivity index (χ0v) is 13.7. The molecular formula is C14H18N2O3S2. The maximum Gasteiger partial charge on any atom is 0.237 e. The van der Waals surface area contributed by atoms with Crippen LogP contribution < -0.4 is 15.0 Å². The Kier molecular flexibility index (Phi) is 5.81. The van der Waals surface area contributed by atoms with E-state index in [1.54, 1.807) is 11.0 Å². The summed E-state index contributed by atoms with van der Waals surface area (Å²) in [5.74, 6) is 1.38. The highest BCUT2D eigenvalue weighted by Gasteiger charge is 2.25. The first-order valence-corrected chi connectivity index (χ1v) is 9.30. The van der Waals surface area contributed by atoms with Gasteiger partial charge in [-0.15, -0.1) is 0 Å². The van der Waals surface area contributed by atoms with Gasteiger partial charge in [-0.25, -0.2) is 0 Å². The van der Waals surface area contributed by atoms with E-state index in [-0.39, 0.29) is 11.8 Å². The number of nitrogens with zero attached hydrogens (tertiary/aromatic N) is 1. The average Bonchev–Trinajstić information content (AvgIpc) is 2.47. The van der Waals surface area contributed by atoms with Crippen molar-refractivity contribution in [3.8, 4) is 5.75 Å². The molecule has 0 spiro atoms. The van der Waals surface area contributed by atoms with Crippen molar-refractivity contribution >= 4 is 46.7 Å². The normalized spacial score (nSPS) is 13.3. The van der Waals surface area contributed by atoms with Crippen LogP contribution in [0.2, 0.25) is 0 Å². The van der Waals surface area contributed by atoms with E-state index in [1.807, 2.05) is 24.6 Å². The number of benzene rings is 1. The highest BCUT2D eigenvalue weighted by atomic mass is 32.2. The minimum atomic E-state index is -0.0768. The van der Waals surface area contributed by atoms with Crippen LogP contribution in [0.3, 0.4) is 0 Å². The van der Waals surface area contributed by atoms with Gasteiger partial charge in [0.1, 0.15) is 6.61 Å². The Labute approximate surface area is 132 Å². The summed E-state index contributed by atoms with van der Waals surface area (Å²) in [4.78, 5) is 25.6. The summed E-state index contributed by atoms with van der Waals surface area (Å²) >= 11 is 2.95. The Morgan fingerprint density at radius 1 is 1.29 bits per heavy atom. The largest absolute Gasteiger partial charge is 0.487 e. The third-order valence-corrected chi connectivity index (χ3v) is 4.05. The number of para-hydroxylation sites is 1. The van der Waals surface area contributed by atoms with Crippen molar-refractivity contribution in [3.63, 3.8) is 0 Å². The summed E-state index contributed by atoms with van der Waals surface area (Å²) in [6.45, 7) is 0.969. The Bertz CT molecular complexity index is 537. The Balaban J connectivity index is 2.26. The van der Waals surface area contributed by atoms with Crippen molar-refractivity contribution in [2.45, 2.75) is 0 Å². The molecule has 0 radical (unpaired) electrons. The van der Waals surface area contributed by atoms with Crippen molar-refractivity contribution < 1.29 is 14.3 Å². The maximum atomic E-state index is 12.2. The van der Waals surface area contributed by atoms with Gasteiger partial charge in [0.2, 0.25) is 11.8 Å². The Morgan fingerprint density at radius 2 is 2.05 bits per heavy atom. The zero-order valence-electron chi connectivity index (χ0n) is 12.0. The zero-order chi connectivity index (χ0) is 15.2. The number of hydrogen-bond acceptors (Lipinski definition) is 5. The fourth-order valence-corrected chi connectivity index (χ4v) is 2.86. The lowest BCUT2D eigenvalue weighted by molar-refractivity contribution is -0.116. The minimum absolute atomic E-state index is 0.0552. The van der Waals surface area contributed by atoms with E-state index >= 15 is 0 Å². The van der Waals surface area contributed by atoms with Crippen LogP contribution >= 0.6 is 23.5 Å². The molecule has 0 aromatic heterocycles. The van der Waals surface area contributed by atoms with Gasteiger partial charge in [-0.2, -0.15) is 23.5 Å². The second-order valence-electron chi connectivity index (χ2n) is 4.46. The molecule has 0 atom stereocenters. The predicted molar refractivity (Wildman–Crippen MR) is 89.7 cm³/mol. The molecule has 1 aromatic rings. The van der Waals surface area contributed by atoms with Crippen LogP contribution in [0.5, 0.6) is 5.75 Å². The van der Waals surface area contributed by atoms with Gasteiger partial charge in [-0.1, -0.05) is 6.07 Å². The van der Waals surface area contributed by atoms with E-state index in [2.05, 4.69) is 5.32 Å². The monoisotopic (exact) mass is 326 g/mol. The summed E-state index contributed by atoms with van der Waals surface area (Å²) in [6.07, 6.45) is 3.78. The molecule has 1 aliphatic rings. The number of anilines is 2. The van der Waals surface area contributed by atoms with Crippen molar-refractivity contribution in [1.82, 2.24) is 0 Å². The first-order valence-electron chi connectivity index (χ1n) is 6.51. The number of hydrogen-bond donors (Lipinski definition) is 1. The third kappa shape index (κ3) is 3.85. The lowest BCUT2D eigenvalue weighted by Gasteiger charge is -2.30. The van der Waals surface area contributed by atoms with E-state index in [9.17, 15) is 9.59 Å². The summed E-state index contributed by atoms with van der Waals surface area (Å²) in [5, 5.41) is 2.83. The Morgan fingerprint density at radius 3 is 2.76 bits per heavy atom. The molecule has 5 nitrogen and oxygen atoms in total. The number of nitrogens with one attached hydrogen (secondary N) is 1. The molecule has 0 unspecified atom stereocenters. The van der Waals surface area contributed by atoms with Crippen molar-refractivity contribution in [2.24, 2.45) is 0 Å². The molecule has 0 bridgehead atoms. The molecule has 1 aromatic carbocycles. The molecule has 0 fully saturated rings. The lowest BCUT2D eigenvalue weighted by Crippen LogP contribution is -2.39. The summed E-state index contributed by atoms with van der Waals surface area (Å²) < 4.78 is 5.67. The van der Waals surface area contributed by atoms with Crippen LogP contribution in [-0.2, 0) is 9.59 Å². The molecule has 0 saturated heterocycles. The maximum absolute atomic E-state index is 12.2. The smallest absolute Gasteiger partial charge is 0.237 e. The SMILES string of the molecule is CSCC(=O)Nc1cccc2c1OCCN2C(=O)CSC. The summed E-state index contributed by atoms with van der Waals surface area (Å²) in [5.41, 5.74) is 1.34. The van der Waals surface area contributed by atoms with Crippen LogP contribution in [0.15, 0.2) is 18.2 Å². The summed E-state index contributed by atoms with van der Waals surface area (Å²) in [7, 11) is 0. The quantitative estimate of drug-likeness (QED) is 0.898. The van der Waals surface area contributed by atoms with E-state index in [4.69, 9.17) is 4.74 Å². The van der Waals surface area contributed by atoms with Crippen LogP contribution in [0, 0.1) is 0 Å².